The van der Waals surface area contributed by atoms with Crippen LogP contribution in [0, 0.1) is 10.1 Å². The van der Waals surface area contributed by atoms with Crippen molar-refractivity contribution in [3.8, 4) is 5.75 Å². The normalized spacial score (nSPS) is 10.5. The van der Waals surface area contributed by atoms with Crippen LogP contribution in [0.2, 0.25) is 0 Å². The number of amides is 1. The Bertz CT molecular complexity index is 832. The molecule has 0 saturated heterocycles. The lowest BCUT2D eigenvalue weighted by molar-refractivity contribution is -0.387. The number of nitrogens with zero attached hydrogens (tertiary/aromatic N) is 2. The molecule has 2 aromatic carbocycles. The van der Waals surface area contributed by atoms with Gasteiger partial charge in [-0.1, -0.05) is 27.7 Å². The molecule has 2 aromatic rings. The highest BCUT2D eigenvalue weighted by molar-refractivity contribution is 9.10. The summed E-state index contributed by atoms with van der Waals surface area (Å²) in [6.07, 6.45) is 0. The molecule has 0 heterocycles. The fourth-order valence-corrected chi connectivity index (χ4v) is 3.44. The Labute approximate surface area is 162 Å². The molecule has 6 nitrogen and oxygen atoms in total. The summed E-state index contributed by atoms with van der Waals surface area (Å²) in [5, 5.41) is 11.3. The minimum Gasteiger partial charge on any atom is -0.491 e. The van der Waals surface area contributed by atoms with Gasteiger partial charge in [0, 0.05) is 29.5 Å². The van der Waals surface area contributed by atoms with Gasteiger partial charge in [-0.15, -0.1) is 0 Å². The first-order chi connectivity index (χ1) is 12.3. The number of carbonyl (C=O) groups excluding carboxylic acids is 1. The average Bonchev–Trinajstić information content (AvgIpc) is 2.61. The molecule has 1 amide bonds. The number of nitro benzene ring substituents is 1. The predicted molar refractivity (Wildman–Crippen MR) is 101 cm³/mol. The lowest BCUT2D eigenvalue weighted by Crippen LogP contribution is -2.22. The number of alkyl halides is 1. The first-order valence-corrected chi connectivity index (χ1v) is 9.10. The van der Waals surface area contributed by atoms with Crippen LogP contribution in [0.1, 0.15) is 10.4 Å². The number of carbonyl (C=O) groups is 1. The van der Waals surface area contributed by atoms with Gasteiger partial charge in [-0.3, -0.25) is 14.9 Å². The van der Waals surface area contributed by atoms with Crippen molar-refractivity contribution in [2.24, 2.45) is 0 Å². The number of benzene rings is 2. The standard InChI is InChI=1S/C17H16BrFN2O4S/c1-20(2)17(22)13-10-12(25-8-7-19)4-6-15(13)26-16-5-3-11(18)9-14(16)21(23)24/h3-6,9-10H,7-8H2,1-2H3. The topological polar surface area (TPSA) is 72.7 Å². The van der Waals surface area contributed by atoms with Gasteiger partial charge in [-0.25, -0.2) is 4.39 Å². The monoisotopic (exact) mass is 442 g/mol. The van der Waals surface area contributed by atoms with Gasteiger partial charge in [0.25, 0.3) is 11.6 Å². The summed E-state index contributed by atoms with van der Waals surface area (Å²) in [5.74, 6) is 0.0838. The molecule has 9 heteroatoms. The summed E-state index contributed by atoms with van der Waals surface area (Å²) >= 11 is 4.34. The van der Waals surface area contributed by atoms with Crippen molar-refractivity contribution in [2.45, 2.75) is 9.79 Å². The zero-order valence-electron chi connectivity index (χ0n) is 14.1. The second-order valence-corrected chi connectivity index (χ2v) is 7.37. The number of rotatable bonds is 7. The van der Waals surface area contributed by atoms with E-state index >= 15 is 0 Å². The summed E-state index contributed by atoms with van der Waals surface area (Å²) in [6, 6.07) is 9.49. The van der Waals surface area contributed by atoms with Crippen LogP contribution in [0.15, 0.2) is 50.7 Å². The van der Waals surface area contributed by atoms with Crippen LogP contribution >= 0.6 is 27.7 Å². The summed E-state index contributed by atoms with van der Waals surface area (Å²) in [6.45, 7) is -0.751. The maximum absolute atomic E-state index is 12.5. The average molecular weight is 443 g/mol. The van der Waals surface area contributed by atoms with Crippen LogP contribution in [0.5, 0.6) is 5.75 Å². The van der Waals surface area contributed by atoms with E-state index in [9.17, 15) is 19.3 Å². The Morgan fingerprint density at radius 1 is 1.27 bits per heavy atom. The molecule has 2 rings (SSSR count). The Hall–Kier alpha value is -2.13. The van der Waals surface area contributed by atoms with Crippen LogP contribution in [-0.4, -0.2) is 43.1 Å². The van der Waals surface area contributed by atoms with Gasteiger partial charge in [0.1, 0.15) is 19.0 Å². The fourth-order valence-electron chi connectivity index (χ4n) is 2.09. The minimum absolute atomic E-state index is 0.0645. The predicted octanol–water partition coefficient (Wildman–Crippen LogP) is 4.56. The molecule has 0 aliphatic heterocycles. The van der Waals surface area contributed by atoms with E-state index in [1.807, 2.05) is 0 Å². The molecule has 0 N–H and O–H groups in total. The van der Waals surface area contributed by atoms with Crippen molar-refractivity contribution < 1.29 is 18.8 Å². The molecule has 0 fully saturated rings. The second kappa shape index (κ2) is 9.00. The molecular weight excluding hydrogens is 427 g/mol. The maximum Gasteiger partial charge on any atom is 0.284 e. The first kappa shape index (κ1) is 20.2. The van der Waals surface area contributed by atoms with E-state index in [-0.39, 0.29) is 18.2 Å². The SMILES string of the molecule is CN(C)C(=O)c1cc(OCCF)ccc1Sc1ccc(Br)cc1[N+](=O)[O-]. The molecule has 0 aliphatic carbocycles. The number of hydrogen-bond donors (Lipinski definition) is 0. The molecule has 0 atom stereocenters. The van der Waals surface area contributed by atoms with Crippen LogP contribution in [0.3, 0.4) is 0 Å². The van der Waals surface area contributed by atoms with Crippen LogP contribution < -0.4 is 4.74 Å². The fraction of sp³-hybridized carbons (Fsp3) is 0.235. The van der Waals surface area contributed by atoms with Gasteiger partial charge in [-0.2, -0.15) is 0 Å². The second-order valence-electron chi connectivity index (χ2n) is 5.37. The lowest BCUT2D eigenvalue weighted by atomic mass is 10.2. The van der Waals surface area contributed by atoms with Gasteiger partial charge < -0.3 is 9.64 Å². The van der Waals surface area contributed by atoms with Crippen LogP contribution in [0.4, 0.5) is 10.1 Å². The quantitative estimate of drug-likeness (QED) is 0.464. The summed E-state index contributed by atoms with van der Waals surface area (Å²) in [5.41, 5.74) is 0.263. The highest BCUT2D eigenvalue weighted by atomic mass is 79.9. The van der Waals surface area contributed by atoms with Crippen molar-refractivity contribution in [2.75, 3.05) is 27.4 Å². The van der Waals surface area contributed by atoms with E-state index in [0.29, 0.717) is 25.6 Å². The Morgan fingerprint density at radius 3 is 2.58 bits per heavy atom. The third-order valence-corrected chi connectivity index (χ3v) is 4.91. The van der Waals surface area contributed by atoms with Crippen LogP contribution in [0.25, 0.3) is 0 Å². The summed E-state index contributed by atoms with van der Waals surface area (Å²) < 4.78 is 18.1. The van der Waals surface area contributed by atoms with Gasteiger partial charge in [-0.05, 0) is 30.3 Å². The third-order valence-electron chi connectivity index (χ3n) is 3.27. The molecule has 0 unspecified atom stereocenters. The Kier molecular flexibility index (Phi) is 6.98. The lowest BCUT2D eigenvalue weighted by Gasteiger charge is -2.15. The molecule has 0 aromatic heterocycles. The van der Waals surface area contributed by atoms with E-state index in [1.165, 1.54) is 17.0 Å². The molecule has 0 aliphatic rings. The van der Waals surface area contributed by atoms with Crippen LogP contribution in [-0.2, 0) is 0 Å². The number of hydrogen-bond acceptors (Lipinski definition) is 5. The van der Waals surface area contributed by atoms with Gasteiger partial charge in [0.2, 0.25) is 0 Å². The van der Waals surface area contributed by atoms with E-state index in [1.54, 1.807) is 38.4 Å². The summed E-state index contributed by atoms with van der Waals surface area (Å²) in [7, 11) is 3.21. The van der Waals surface area contributed by atoms with Crippen molar-refractivity contribution in [1.82, 2.24) is 4.90 Å². The van der Waals surface area contributed by atoms with Crippen molar-refractivity contribution in [1.29, 1.82) is 0 Å². The van der Waals surface area contributed by atoms with Gasteiger partial charge in [0.15, 0.2) is 0 Å². The third kappa shape index (κ3) is 4.95. The molecule has 26 heavy (non-hydrogen) atoms. The molecular formula is C17H16BrFN2O4S. The highest BCUT2D eigenvalue weighted by Gasteiger charge is 2.20. The van der Waals surface area contributed by atoms with E-state index in [0.717, 1.165) is 11.8 Å². The molecule has 0 radical (unpaired) electrons. The first-order valence-electron chi connectivity index (χ1n) is 7.49. The highest BCUT2D eigenvalue weighted by Crippen LogP contribution is 2.39. The number of halogens is 2. The Balaban J connectivity index is 2.45. The molecule has 138 valence electrons. The molecule has 0 spiro atoms. The number of nitro groups is 1. The largest absolute Gasteiger partial charge is 0.491 e. The van der Waals surface area contributed by atoms with E-state index in [2.05, 4.69) is 15.9 Å². The zero-order valence-corrected chi connectivity index (χ0v) is 16.5. The number of ether oxygens (including phenoxy) is 1. The minimum atomic E-state index is -0.640. The van der Waals surface area contributed by atoms with E-state index < -0.39 is 11.6 Å². The smallest absolute Gasteiger partial charge is 0.284 e. The maximum atomic E-state index is 12.5. The molecule has 0 saturated carbocycles. The Morgan fingerprint density at radius 2 is 1.96 bits per heavy atom. The summed E-state index contributed by atoms with van der Waals surface area (Å²) in [4.78, 5) is 25.7. The zero-order chi connectivity index (χ0) is 19.3. The van der Waals surface area contributed by atoms with Crippen molar-refractivity contribution in [3.63, 3.8) is 0 Å². The van der Waals surface area contributed by atoms with Gasteiger partial charge >= 0.3 is 0 Å². The van der Waals surface area contributed by atoms with Crippen molar-refractivity contribution >= 4 is 39.3 Å². The van der Waals surface area contributed by atoms with E-state index in [4.69, 9.17) is 4.74 Å². The van der Waals surface area contributed by atoms with Crippen molar-refractivity contribution in [3.05, 3.63) is 56.5 Å². The van der Waals surface area contributed by atoms with Gasteiger partial charge in [0.05, 0.1) is 15.4 Å². The molecule has 0 bridgehead atoms.